The summed E-state index contributed by atoms with van der Waals surface area (Å²) in [5, 5.41) is 8.57. The molecular formula is C11H12ClNO6S. The summed E-state index contributed by atoms with van der Waals surface area (Å²) in [6.45, 7) is 0. The van der Waals surface area contributed by atoms with E-state index in [4.69, 9.17) is 16.7 Å². The Bertz CT molecular complexity index is 628. The standard InChI is InChI=1S/C11H12ClNO6S/c1-19-11(16)8-6-7(2-3-9(8)12)13-20(17,18)5-4-10(14)15/h2-3,6,13H,4-5H2,1H3,(H,14,15). The minimum absolute atomic E-state index is 0.00704. The first-order chi connectivity index (χ1) is 9.25. The molecule has 0 amide bonds. The maximum absolute atomic E-state index is 11.6. The van der Waals surface area contributed by atoms with Crippen molar-refractivity contribution < 1.29 is 27.9 Å². The Kier molecular flexibility index (Phi) is 5.34. The molecule has 1 aromatic rings. The van der Waals surface area contributed by atoms with Crippen LogP contribution < -0.4 is 4.72 Å². The minimum atomic E-state index is -3.82. The Morgan fingerprint density at radius 3 is 2.60 bits per heavy atom. The highest BCUT2D eigenvalue weighted by molar-refractivity contribution is 7.92. The number of aliphatic carboxylic acids is 1. The van der Waals surface area contributed by atoms with Gasteiger partial charge in [0.1, 0.15) is 0 Å². The van der Waals surface area contributed by atoms with E-state index in [0.29, 0.717) is 0 Å². The van der Waals surface area contributed by atoms with Gasteiger partial charge in [0.15, 0.2) is 0 Å². The molecule has 1 rings (SSSR count). The highest BCUT2D eigenvalue weighted by atomic mass is 35.5. The molecule has 7 nitrogen and oxygen atoms in total. The molecule has 0 heterocycles. The number of esters is 1. The first-order valence-electron chi connectivity index (χ1n) is 5.35. The number of benzene rings is 1. The SMILES string of the molecule is COC(=O)c1cc(NS(=O)(=O)CCC(=O)O)ccc1Cl. The van der Waals surface area contributed by atoms with Gasteiger partial charge in [0.05, 0.1) is 29.9 Å². The van der Waals surface area contributed by atoms with Crippen molar-refractivity contribution in [2.75, 3.05) is 17.6 Å². The zero-order valence-corrected chi connectivity index (χ0v) is 12.0. The lowest BCUT2D eigenvalue weighted by atomic mass is 10.2. The Morgan fingerprint density at radius 2 is 2.05 bits per heavy atom. The van der Waals surface area contributed by atoms with Crippen molar-refractivity contribution in [3.05, 3.63) is 28.8 Å². The molecule has 1 aromatic carbocycles. The number of hydrogen-bond acceptors (Lipinski definition) is 5. The van der Waals surface area contributed by atoms with Crippen LogP contribution in [0.3, 0.4) is 0 Å². The van der Waals surface area contributed by atoms with Crippen molar-refractivity contribution >= 4 is 39.3 Å². The second-order valence-electron chi connectivity index (χ2n) is 3.75. The highest BCUT2D eigenvalue weighted by Crippen LogP contribution is 2.22. The summed E-state index contributed by atoms with van der Waals surface area (Å²) in [4.78, 5) is 21.8. The van der Waals surface area contributed by atoms with Gasteiger partial charge in [0, 0.05) is 5.69 Å². The summed E-state index contributed by atoms with van der Waals surface area (Å²) in [6.07, 6.45) is -0.521. The third kappa shape index (κ3) is 4.71. The van der Waals surface area contributed by atoms with Crippen molar-refractivity contribution in [1.29, 1.82) is 0 Å². The van der Waals surface area contributed by atoms with Crippen LogP contribution in [-0.2, 0) is 19.6 Å². The molecule has 0 radical (unpaired) electrons. The molecule has 0 aliphatic rings. The Hall–Kier alpha value is -1.80. The average Bonchev–Trinajstić information content (AvgIpc) is 2.37. The lowest BCUT2D eigenvalue weighted by molar-refractivity contribution is -0.136. The number of carbonyl (C=O) groups is 2. The molecule has 9 heteroatoms. The highest BCUT2D eigenvalue weighted by Gasteiger charge is 2.16. The number of nitrogens with one attached hydrogen (secondary N) is 1. The average molecular weight is 322 g/mol. The number of hydrogen-bond donors (Lipinski definition) is 2. The molecule has 0 aliphatic heterocycles. The van der Waals surface area contributed by atoms with Crippen LogP contribution in [0.2, 0.25) is 5.02 Å². The molecule has 0 aliphatic carbocycles. The summed E-state index contributed by atoms with van der Waals surface area (Å²) >= 11 is 5.79. The summed E-state index contributed by atoms with van der Waals surface area (Å²) in [7, 11) is -2.65. The zero-order valence-electron chi connectivity index (χ0n) is 10.4. The van der Waals surface area contributed by atoms with Crippen LogP contribution in [0.5, 0.6) is 0 Å². The lowest BCUT2D eigenvalue weighted by Gasteiger charge is -2.09. The van der Waals surface area contributed by atoms with Gasteiger partial charge in [0.2, 0.25) is 10.0 Å². The number of carboxylic acids is 1. The van der Waals surface area contributed by atoms with Crippen LogP contribution >= 0.6 is 11.6 Å². The fourth-order valence-corrected chi connectivity index (χ4v) is 2.53. The Balaban J connectivity index is 2.93. The van der Waals surface area contributed by atoms with Crippen LogP contribution in [0, 0.1) is 0 Å². The molecule has 0 spiro atoms. The second-order valence-corrected chi connectivity index (χ2v) is 6.00. The zero-order chi connectivity index (χ0) is 15.3. The molecule has 110 valence electrons. The van der Waals surface area contributed by atoms with Crippen LogP contribution in [0.4, 0.5) is 5.69 Å². The Morgan fingerprint density at radius 1 is 1.40 bits per heavy atom. The van der Waals surface area contributed by atoms with Gasteiger partial charge in [-0.15, -0.1) is 0 Å². The number of methoxy groups -OCH3 is 1. The third-order valence-corrected chi connectivity index (χ3v) is 3.85. The molecule has 0 atom stereocenters. The number of sulfonamides is 1. The van der Waals surface area contributed by atoms with Gasteiger partial charge in [0.25, 0.3) is 0 Å². The van der Waals surface area contributed by atoms with Gasteiger partial charge in [-0.2, -0.15) is 0 Å². The van der Waals surface area contributed by atoms with Crippen molar-refractivity contribution in [1.82, 2.24) is 0 Å². The van der Waals surface area contributed by atoms with Crippen LogP contribution in [-0.4, -0.2) is 38.3 Å². The van der Waals surface area contributed by atoms with E-state index in [1.165, 1.54) is 25.3 Å². The van der Waals surface area contributed by atoms with E-state index in [-0.39, 0.29) is 16.3 Å². The summed E-state index contributed by atoms with van der Waals surface area (Å²) in [5.41, 5.74) is 0.104. The van der Waals surface area contributed by atoms with E-state index in [9.17, 15) is 18.0 Å². The van der Waals surface area contributed by atoms with Crippen LogP contribution in [0.1, 0.15) is 16.8 Å². The van der Waals surface area contributed by atoms with E-state index >= 15 is 0 Å². The number of anilines is 1. The summed E-state index contributed by atoms with van der Waals surface area (Å²) in [5.74, 6) is -2.50. The van der Waals surface area contributed by atoms with Gasteiger partial charge >= 0.3 is 11.9 Å². The van der Waals surface area contributed by atoms with Gasteiger partial charge in [-0.05, 0) is 18.2 Å². The molecule has 0 saturated heterocycles. The van der Waals surface area contributed by atoms with Crippen molar-refractivity contribution in [3.8, 4) is 0 Å². The van der Waals surface area contributed by atoms with E-state index in [2.05, 4.69) is 9.46 Å². The molecule has 0 aromatic heterocycles. The number of carboxylic acid groups (broad SMARTS) is 1. The van der Waals surface area contributed by atoms with E-state index in [1.807, 2.05) is 0 Å². The largest absolute Gasteiger partial charge is 0.481 e. The minimum Gasteiger partial charge on any atom is -0.481 e. The van der Waals surface area contributed by atoms with Crippen molar-refractivity contribution in [2.24, 2.45) is 0 Å². The van der Waals surface area contributed by atoms with Crippen LogP contribution in [0.15, 0.2) is 18.2 Å². The Labute approximate surface area is 120 Å². The van der Waals surface area contributed by atoms with Gasteiger partial charge in [-0.3, -0.25) is 9.52 Å². The normalized spacial score (nSPS) is 10.9. The number of ether oxygens (including phenoxy) is 1. The molecule has 0 bridgehead atoms. The van der Waals surface area contributed by atoms with Crippen LogP contribution in [0.25, 0.3) is 0 Å². The number of carbonyl (C=O) groups excluding carboxylic acids is 1. The third-order valence-electron chi connectivity index (χ3n) is 2.23. The predicted molar refractivity (Wildman–Crippen MR) is 72.5 cm³/mol. The lowest BCUT2D eigenvalue weighted by Crippen LogP contribution is -2.19. The molecule has 2 N–H and O–H groups in total. The quantitative estimate of drug-likeness (QED) is 0.765. The second kappa shape index (κ2) is 6.58. The predicted octanol–water partition coefficient (Wildman–Crippen LogP) is 1.34. The van der Waals surface area contributed by atoms with Crippen molar-refractivity contribution in [2.45, 2.75) is 6.42 Å². The molecule has 20 heavy (non-hydrogen) atoms. The van der Waals surface area contributed by atoms with E-state index in [0.717, 1.165) is 0 Å². The maximum atomic E-state index is 11.6. The fourth-order valence-electron chi connectivity index (χ4n) is 1.31. The molecule has 0 unspecified atom stereocenters. The summed E-state index contributed by atoms with van der Waals surface area (Å²) < 4.78 is 29.9. The van der Waals surface area contributed by atoms with E-state index in [1.54, 1.807) is 0 Å². The number of rotatable bonds is 6. The van der Waals surface area contributed by atoms with Crippen molar-refractivity contribution in [3.63, 3.8) is 0 Å². The fraction of sp³-hybridized carbons (Fsp3) is 0.273. The van der Waals surface area contributed by atoms with Gasteiger partial charge in [-0.25, -0.2) is 13.2 Å². The molecular weight excluding hydrogens is 310 g/mol. The smallest absolute Gasteiger partial charge is 0.339 e. The first kappa shape index (κ1) is 16.3. The molecule has 0 saturated carbocycles. The maximum Gasteiger partial charge on any atom is 0.339 e. The summed E-state index contributed by atoms with van der Waals surface area (Å²) in [6, 6.07) is 3.91. The van der Waals surface area contributed by atoms with Gasteiger partial charge < -0.3 is 9.84 Å². The molecule has 0 fully saturated rings. The van der Waals surface area contributed by atoms with E-state index < -0.39 is 34.1 Å². The first-order valence-corrected chi connectivity index (χ1v) is 7.38. The monoisotopic (exact) mass is 321 g/mol. The number of halogens is 1. The topological polar surface area (TPSA) is 110 Å². The van der Waals surface area contributed by atoms with Gasteiger partial charge in [-0.1, -0.05) is 11.6 Å².